The van der Waals surface area contributed by atoms with E-state index in [0.717, 1.165) is 5.56 Å². The topological polar surface area (TPSA) is 65.5 Å². The number of carbonyl (C=O) groups is 2. The minimum Gasteiger partial charge on any atom is -0.366 e. The van der Waals surface area contributed by atoms with Crippen molar-refractivity contribution in [2.75, 3.05) is 31.5 Å². The van der Waals surface area contributed by atoms with Gasteiger partial charge in [0.25, 0.3) is 5.91 Å². The molecule has 1 aliphatic rings. The monoisotopic (exact) mass is 356 g/mol. The summed E-state index contributed by atoms with van der Waals surface area (Å²) in [6, 6.07) is 9.74. The Morgan fingerprint density at radius 2 is 1.69 bits per heavy atom. The van der Waals surface area contributed by atoms with Gasteiger partial charge in [-0.1, -0.05) is 12.1 Å². The van der Waals surface area contributed by atoms with Crippen LogP contribution in [0.1, 0.15) is 22.8 Å². The van der Waals surface area contributed by atoms with Crippen molar-refractivity contribution in [3.63, 3.8) is 0 Å². The third-order valence-electron chi connectivity index (χ3n) is 4.41. The van der Waals surface area contributed by atoms with Gasteiger partial charge in [0.1, 0.15) is 11.6 Å². The molecule has 1 saturated heterocycles. The van der Waals surface area contributed by atoms with E-state index in [1.807, 2.05) is 0 Å². The van der Waals surface area contributed by atoms with Gasteiger partial charge in [-0.05, 0) is 29.8 Å². The maximum absolute atomic E-state index is 12.9. The lowest BCUT2D eigenvalue weighted by atomic mass is 10.2. The average Bonchev–Trinajstić information content (AvgIpc) is 2.67. The van der Waals surface area contributed by atoms with Gasteiger partial charge in [0, 0.05) is 45.8 Å². The van der Waals surface area contributed by atoms with Crippen molar-refractivity contribution in [3.05, 3.63) is 59.5 Å². The Labute approximate surface area is 151 Å². The molecule has 0 unspecified atom stereocenters. The van der Waals surface area contributed by atoms with Crippen LogP contribution in [0.5, 0.6) is 0 Å². The molecule has 3 rings (SSSR count). The summed E-state index contributed by atoms with van der Waals surface area (Å²) in [5, 5.41) is 3.14. The summed E-state index contributed by atoms with van der Waals surface area (Å²) >= 11 is 0. The summed E-state index contributed by atoms with van der Waals surface area (Å²) in [7, 11) is 0. The second-order valence-electron chi connectivity index (χ2n) is 6.21. The number of amides is 2. The molecule has 0 aliphatic carbocycles. The Morgan fingerprint density at radius 1 is 1.04 bits per heavy atom. The molecule has 1 aromatic carbocycles. The van der Waals surface area contributed by atoms with Gasteiger partial charge in [0.2, 0.25) is 5.91 Å². The fourth-order valence-electron chi connectivity index (χ4n) is 2.83. The zero-order chi connectivity index (χ0) is 18.5. The van der Waals surface area contributed by atoms with Gasteiger partial charge in [0.15, 0.2) is 0 Å². The molecule has 0 radical (unpaired) electrons. The largest absolute Gasteiger partial charge is 0.366 e. The first-order valence-corrected chi connectivity index (χ1v) is 8.52. The molecule has 0 spiro atoms. The van der Waals surface area contributed by atoms with Gasteiger partial charge in [-0.15, -0.1) is 0 Å². The second kappa shape index (κ2) is 7.95. The molecule has 26 heavy (non-hydrogen) atoms. The van der Waals surface area contributed by atoms with Crippen LogP contribution in [0.25, 0.3) is 0 Å². The molecular formula is C19H21FN4O2. The number of benzene rings is 1. The van der Waals surface area contributed by atoms with Crippen molar-refractivity contribution in [2.45, 2.75) is 13.5 Å². The van der Waals surface area contributed by atoms with Gasteiger partial charge in [-0.3, -0.25) is 9.59 Å². The number of carbonyl (C=O) groups excluding carboxylic acids is 2. The number of anilines is 1. The molecule has 1 fully saturated rings. The molecule has 1 N–H and O–H groups in total. The van der Waals surface area contributed by atoms with Crippen LogP contribution in [-0.4, -0.2) is 52.8 Å². The van der Waals surface area contributed by atoms with Gasteiger partial charge in [-0.2, -0.15) is 0 Å². The molecule has 6 nitrogen and oxygen atoms in total. The van der Waals surface area contributed by atoms with Crippen LogP contribution >= 0.6 is 0 Å². The summed E-state index contributed by atoms with van der Waals surface area (Å²) in [6.07, 6.45) is 1.55. The van der Waals surface area contributed by atoms with Gasteiger partial charge >= 0.3 is 0 Å². The van der Waals surface area contributed by atoms with Crippen LogP contribution in [0.4, 0.5) is 10.2 Å². The van der Waals surface area contributed by atoms with Crippen molar-refractivity contribution >= 4 is 17.6 Å². The van der Waals surface area contributed by atoms with Crippen LogP contribution in [0, 0.1) is 5.82 Å². The van der Waals surface area contributed by atoms with E-state index in [-0.39, 0.29) is 17.6 Å². The summed E-state index contributed by atoms with van der Waals surface area (Å²) < 4.78 is 12.9. The predicted molar refractivity (Wildman–Crippen MR) is 96.1 cm³/mol. The number of halogens is 1. The van der Waals surface area contributed by atoms with E-state index in [1.165, 1.54) is 12.1 Å². The molecule has 1 aliphatic heterocycles. The Hall–Kier alpha value is -2.96. The maximum atomic E-state index is 12.9. The van der Waals surface area contributed by atoms with Crippen molar-refractivity contribution in [2.24, 2.45) is 0 Å². The van der Waals surface area contributed by atoms with Gasteiger partial charge < -0.3 is 15.1 Å². The summed E-state index contributed by atoms with van der Waals surface area (Å²) in [5.74, 6) is 0.340. The van der Waals surface area contributed by atoms with Crippen LogP contribution in [0.3, 0.4) is 0 Å². The number of hydrogen-bond donors (Lipinski definition) is 1. The predicted octanol–water partition coefficient (Wildman–Crippen LogP) is 2.14. The molecule has 0 atom stereocenters. The van der Waals surface area contributed by atoms with Crippen LogP contribution in [0.2, 0.25) is 0 Å². The number of aromatic nitrogens is 1. The van der Waals surface area contributed by atoms with E-state index < -0.39 is 0 Å². The lowest BCUT2D eigenvalue weighted by Crippen LogP contribution is -2.50. The fraction of sp³-hybridized carbons (Fsp3) is 0.316. The lowest BCUT2D eigenvalue weighted by Gasteiger charge is -2.34. The van der Waals surface area contributed by atoms with Crippen molar-refractivity contribution in [1.82, 2.24) is 14.8 Å². The Kier molecular flexibility index (Phi) is 5.46. The number of nitrogens with one attached hydrogen (secondary N) is 1. The number of hydrogen-bond acceptors (Lipinski definition) is 4. The van der Waals surface area contributed by atoms with E-state index in [0.29, 0.717) is 44.1 Å². The van der Waals surface area contributed by atoms with Gasteiger partial charge in [-0.25, -0.2) is 9.37 Å². The third-order valence-corrected chi connectivity index (χ3v) is 4.41. The van der Waals surface area contributed by atoms with Crippen molar-refractivity contribution < 1.29 is 14.0 Å². The van der Waals surface area contributed by atoms with Crippen LogP contribution in [-0.2, 0) is 11.3 Å². The first-order chi connectivity index (χ1) is 12.5. The Morgan fingerprint density at radius 3 is 2.27 bits per heavy atom. The van der Waals surface area contributed by atoms with Crippen molar-refractivity contribution in [1.29, 1.82) is 0 Å². The average molecular weight is 356 g/mol. The highest BCUT2D eigenvalue weighted by Crippen LogP contribution is 2.12. The molecule has 136 valence electrons. The molecule has 7 heteroatoms. The molecule has 2 heterocycles. The second-order valence-corrected chi connectivity index (χ2v) is 6.21. The summed E-state index contributed by atoms with van der Waals surface area (Å²) in [6.45, 7) is 4.25. The van der Waals surface area contributed by atoms with E-state index in [9.17, 15) is 14.0 Å². The standard InChI is InChI=1S/C19H21FN4O2/c1-14(25)23-8-10-24(11-9-23)19(26)16-4-7-18(22-13-16)21-12-15-2-5-17(20)6-3-15/h2-7,13H,8-12H2,1H3,(H,21,22). The molecule has 0 bridgehead atoms. The van der Waals surface area contributed by atoms with Crippen molar-refractivity contribution in [3.8, 4) is 0 Å². The molecule has 2 aromatic rings. The molecule has 2 amide bonds. The smallest absolute Gasteiger partial charge is 0.255 e. The number of piperazine rings is 1. The van der Waals surface area contributed by atoms with Crippen LogP contribution < -0.4 is 5.32 Å². The highest BCUT2D eigenvalue weighted by molar-refractivity contribution is 5.94. The first kappa shape index (κ1) is 17.8. The summed E-state index contributed by atoms with van der Waals surface area (Å²) in [4.78, 5) is 31.6. The van der Waals surface area contributed by atoms with E-state index >= 15 is 0 Å². The van der Waals surface area contributed by atoms with E-state index in [2.05, 4.69) is 10.3 Å². The number of rotatable bonds is 4. The molecular weight excluding hydrogens is 335 g/mol. The zero-order valence-electron chi connectivity index (χ0n) is 14.6. The molecule has 0 saturated carbocycles. The SMILES string of the molecule is CC(=O)N1CCN(C(=O)c2ccc(NCc3ccc(F)cc3)nc2)CC1. The minimum atomic E-state index is -0.265. The third kappa shape index (κ3) is 4.36. The van der Waals surface area contributed by atoms with E-state index in [4.69, 9.17) is 0 Å². The lowest BCUT2D eigenvalue weighted by molar-refractivity contribution is -0.130. The van der Waals surface area contributed by atoms with E-state index in [1.54, 1.807) is 47.2 Å². The first-order valence-electron chi connectivity index (χ1n) is 8.52. The highest BCUT2D eigenvalue weighted by Gasteiger charge is 2.23. The quantitative estimate of drug-likeness (QED) is 0.912. The number of pyridine rings is 1. The Bertz CT molecular complexity index is 769. The fourth-order valence-corrected chi connectivity index (χ4v) is 2.83. The summed E-state index contributed by atoms with van der Waals surface area (Å²) in [5.41, 5.74) is 1.46. The zero-order valence-corrected chi connectivity index (χ0v) is 14.6. The van der Waals surface area contributed by atoms with Crippen LogP contribution in [0.15, 0.2) is 42.6 Å². The maximum Gasteiger partial charge on any atom is 0.255 e. The minimum absolute atomic E-state index is 0.0374. The number of nitrogens with zero attached hydrogens (tertiary/aromatic N) is 3. The van der Waals surface area contributed by atoms with Gasteiger partial charge in [0.05, 0.1) is 5.56 Å². The normalized spacial score (nSPS) is 14.2. The Balaban J connectivity index is 1.54. The highest BCUT2D eigenvalue weighted by atomic mass is 19.1. The molecule has 1 aromatic heterocycles.